The van der Waals surface area contributed by atoms with Gasteiger partial charge < -0.3 is 0 Å². The summed E-state index contributed by atoms with van der Waals surface area (Å²) in [6, 6.07) is 4.20. The average Bonchev–Trinajstić information content (AvgIpc) is 2.43. The summed E-state index contributed by atoms with van der Waals surface area (Å²) in [4.78, 5) is 0. The van der Waals surface area contributed by atoms with E-state index in [0.29, 0.717) is 12.3 Å². The van der Waals surface area contributed by atoms with Crippen molar-refractivity contribution in [2.24, 2.45) is 11.8 Å². The maximum absolute atomic E-state index is 13.2. The van der Waals surface area contributed by atoms with Crippen molar-refractivity contribution in [3.8, 4) is 0 Å². The number of hydrogen-bond acceptors (Lipinski definition) is 2. The van der Waals surface area contributed by atoms with Crippen LogP contribution in [0.4, 0.5) is 8.78 Å². The Morgan fingerprint density at radius 3 is 2.53 bits per heavy atom. The predicted octanol–water partition coefficient (Wildman–Crippen LogP) is 3.31. The molecule has 19 heavy (non-hydrogen) atoms. The van der Waals surface area contributed by atoms with Crippen molar-refractivity contribution in [1.82, 2.24) is 5.43 Å². The molecule has 0 radical (unpaired) electrons. The van der Waals surface area contributed by atoms with Gasteiger partial charge in [0.25, 0.3) is 0 Å². The normalized spacial score (nSPS) is 18.5. The maximum atomic E-state index is 13.2. The van der Waals surface area contributed by atoms with Gasteiger partial charge in [0.15, 0.2) is 11.6 Å². The summed E-state index contributed by atoms with van der Waals surface area (Å²) < 4.78 is 26.0. The Morgan fingerprint density at radius 1 is 1.16 bits per heavy atom. The van der Waals surface area contributed by atoms with Gasteiger partial charge in [-0.05, 0) is 36.5 Å². The van der Waals surface area contributed by atoms with Gasteiger partial charge in [0.2, 0.25) is 0 Å². The van der Waals surface area contributed by atoms with E-state index in [1.807, 2.05) is 0 Å². The first kappa shape index (κ1) is 14.4. The van der Waals surface area contributed by atoms with Crippen molar-refractivity contribution < 1.29 is 8.78 Å². The minimum Gasteiger partial charge on any atom is -0.271 e. The van der Waals surface area contributed by atoms with Gasteiger partial charge in [0.05, 0.1) is 0 Å². The lowest BCUT2D eigenvalue weighted by Crippen LogP contribution is -2.38. The monoisotopic (exact) mass is 268 g/mol. The molecule has 1 fully saturated rings. The molecule has 2 rings (SSSR count). The van der Waals surface area contributed by atoms with Crippen molar-refractivity contribution in [1.29, 1.82) is 0 Å². The highest BCUT2D eigenvalue weighted by molar-refractivity contribution is 5.18. The van der Waals surface area contributed by atoms with Crippen LogP contribution >= 0.6 is 0 Å². The van der Waals surface area contributed by atoms with Gasteiger partial charge in [-0.2, -0.15) is 0 Å². The second-order valence-corrected chi connectivity index (χ2v) is 5.56. The SMILES string of the molecule is NNC(Cc1ccc(F)c(F)c1)CC1CCCCC1. The molecule has 0 saturated heterocycles. The second-order valence-electron chi connectivity index (χ2n) is 5.56. The van der Waals surface area contributed by atoms with Gasteiger partial charge in [0.1, 0.15) is 0 Å². The molecule has 1 atom stereocenters. The Kier molecular flexibility index (Phi) is 5.28. The van der Waals surface area contributed by atoms with Crippen molar-refractivity contribution >= 4 is 0 Å². The van der Waals surface area contributed by atoms with E-state index in [-0.39, 0.29) is 6.04 Å². The van der Waals surface area contributed by atoms with E-state index < -0.39 is 11.6 Å². The van der Waals surface area contributed by atoms with Crippen LogP contribution in [-0.4, -0.2) is 6.04 Å². The lowest BCUT2D eigenvalue weighted by molar-refractivity contribution is 0.297. The molecule has 4 heteroatoms. The van der Waals surface area contributed by atoms with Crippen molar-refractivity contribution in [2.75, 3.05) is 0 Å². The van der Waals surface area contributed by atoms with E-state index >= 15 is 0 Å². The van der Waals surface area contributed by atoms with Crippen LogP contribution in [0.1, 0.15) is 44.1 Å². The van der Waals surface area contributed by atoms with Crippen molar-refractivity contribution in [2.45, 2.75) is 51.0 Å². The largest absolute Gasteiger partial charge is 0.271 e. The fourth-order valence-electron chi connectivity index (χ4n) is 2.99. The van der Waals surface area contributed by atoms with Gasteiger partial charge in [-0.3, -0.25) is 11.3 Å². The molecule has 1 aromatic carbocycles. The molecule has 0 aromatic heterocycles. The molecule has 1 aliphatic carbocycles. The predicted molar refractivity (Wildman–Crippen MR) is 72.4 cm³/mol. The third-order valence-electron chi connectivity index (χ3n) is 4.04. The molecular formula is C15H22F2N2. The molecule has 106 valence electrons. The van der Waals surface area contributed by atoms with E-state index in [1.54, 1.807) is 6.07 Å². The third-order valence-corrected chi connectivity index (χ3v) is 4.04. The van der Waals surface area contributed by atoms with Crippen molar-refractivity contribution in [3.05, 3.63) is 35.4 Å². The smallest absolute Gasteiger partial charge is 0.159 e. The van der Waals surface area contributed by atoms with E-state index in [1.165, 1.54) is 44.2 Å². The van der Waals surface area contributed by atoms with Crippen LogP contribution in [0, 0.1) is 17.6 Å². The van der Waals surface area contributed by atoms with Crippen molar-refractivity contribution in [3.63, 3.8) is 0 Å². The van der Waals surface area contributed by atoms with Crippen LogP contribution in [0.3, 0.4) is 0 Å². The number of benzene rings is 1. The highest BCUT2D eigenvalue weighted by Gasteiger charge is 2.18. The first-order valence-electron chi connectivity index (χ1n) is 7.09. The van der Waals surface area contributed by atoms with Gasteiger partial charge >= 0.3 is 0 Å². The molecule has 1 aromatic rings. The number of nitrogens with two attached hydrogens (primary N) is 1. The Bertz CT molecular complexity index is 403. The zero-order valence-electron chi connectivity index (χ0n) is 11.2. The van der Waals surface area contributed by atoms with Gasteiger partial charge in [-0.25, -0.2) is 8.78 Å². The number of halogens is 2. The first-order chi connectivity index (χ1) is 9.19. The van der Waals surface area contributed by atoms with E-state index in [9.17, 15) is 8.78 Å². The van der Waals surface area contributed by atoms with Crippen LogP contribution in [0.5, 0.6) is 0 Å². The van der Waals surface area contributed by atoms with E-state index in [2.05, 4.69) is 5.43 Å². The molecule has 1 aliphatic rings. The Hall–Kier alpha value is -1.00. The Labute approximate surface area is 113 Å². The zero-order valence-corrected chi connectivity index (χ0v) is 11.2. The van der Waals surface area contributed by atoms with Crippen LogP contribution in [-0.2, 0) is 6.42 Å². The topological polar surface area (TPSA) is 38.0 Å². The first-order valence-corrected chi connectivity index (χ1v) is 7.09. The molecule has 2 nitrogen and oxygen atoms in total. The second kappa shape index (κ2) is 6.96. The Balaban J connectivity index is 1.92. The highest BCUT2D eigenvalue weighted by Crippen LogP contribution is 2.28. The summed E-state index contributed by atoms with van der Waals surface area (Å²) in [6.07, 6.45) is 8.10. The van der Waals surface area contributed by atoms with Crippen LogP contribution in [0.15, 0.2) is 18.2 Å². The summed E-state index contributed by atoms with van der Waals surface area (Å²) in [5.74, 6) is 4.71. The fraction of sp³-hybridized carbons (Fsp3) is 0.600. The molecule has 1 unspecified atom stereocenters. The lowest BCUT2D eigenvalue weighted by atomic mass is 9.84. The van der Waals surface area contributed by atoms with Crippen LogP contribution < -0.4 is 11.3 Å². The van der Waals surface area contributed by atoms with E-state index in [4.69, 9.17) is 5.84 Å². The van der Waals surface area contributed by atoms with E-state index in [0.717, 1.165) is 12.0 Å². The number of nitrogens with one attached hydrogen (secondary N) is 1. The summed E-state index contributed by atoms with van der Waals surface area (Å²) in [7, 11) is 0. The fourth-order valence-corrected chi connectivity index (χ4v) is 2.99. The maximum Gasteiger partial charge on any atom is 0.159 e. The summed E-state index contributed by atoms with van der Waals surface area (Å²) >= 11 is 0. The summed E-state index contributed by atoms with van der Waals surface area (Å²) in [5.41, 5.74) is 3.61. The molecule has 0 bridgehead atoms. The van der Waals surface area contributed by atoms with Crippen LogP contribution in [0.2, 0.25) is 0 Å². The molecule has 1 saturated carbocycles. The quantitative estimate of drug-likeness (QED) is 0.635. The standard InChI is InChI=1S/C15H22F2N2/c16-14-7-6-12(10-15(14)17)9-13(19-18)8-11-4-2-1-3-5-11/h6-7,10-11,13,19H,1-5,8-9,18H2. The van der Waals surface area contributed by atoms with Gasteiger partial charge in [-0.15, -0.1) is 0 Å². The molecule has 0 heterocycles. The number of hydrazine groups is 1. The number of hydrogen-bond donors (Lipinski definition) is 2. The van der Waals surface area contributed by atoms with Gasteiger partial charge in [0, 0.05) is 6.04 Å². The molecule has 3 N–H and O–H groups in total. The minimum absolute atomic E-state index is 0.132. The molecular weight excluding hydrogens is 246 g/mol. The third kappa shape index (κ3) is 4.25. The highest BCUT2D eigenvalue weighted by atomic mass is 19.2. The zero-order chi connectivity index (χ0) is 13.7. The summed E-state index contributed by atoms with van der Waals surface area (Å²) in [6.45, 7) is 0. The lowest BCUT2D eigenvalue weighted by Gasteiger charge is -2.26. The van der Waals surface area contributed by atoms with Crippen LogP contribution in [0.25, 0.3) is 0 Å². The van der Waals surface area contributed by atoms with Gasteiger partial charge in [-0.1, -0.05) is 38.2 Å². The Morgan fingerprint density at radius 2 is 1.89 bits per heavy atom. The summed E-state index contributed by atoms with van der Waals surface area (Å²) in [5, 5.41) is 0. The number of rotatable bonds is 5. The molecule has 0 spiro atoms. The average molecular weight is 268 g/mol. The molecule has 0 aliphatic heterocycles. The molecule has 0 amide bonds. The minimum atomic E-state index is -0.798.